The Balaban J connectivity index is 1.63. The van der Waals surface area contributed by atoms with Crippen LogP contribution in [0.1, 0.15) is 12.5 Å². The van der Waals surface area contributed by atoms with Gasteiger partial charge in [-0.15, -0.1) is 0 Å². The lowest BCUT2D eigenvalue weighted by Crippen LogP contribution is -2.23. The normalized spacial score (nSPS) is 12.1. The minimum Gasteiger partial charge on any atom is -0.396 e. The van der Waals surface area contributed by atoms with Crippen molar-refractivity contribution >= 4 is 46.0 Å². The van der Waals surface area contributed by atoms with E-state index in [2.05, 4.69) is 9.88 Å². The molecule has 4 aromatic rings. The molecule has 0 aliphatic carbocycles. The van der Waals surface area contributed by atoms with Gasteiger partial charge in [-0.1, -0.05) is 59.8 Å². The van der Waals surface area contributed by atoms with Crippen molar-refractivity contribution in [2.45, 2.75) is 23.8 Å². The monoisotopic (exact) mass is 451 g/mol. The van der Waals surface area contributed by atoms with E-state index in [9.17, 15) is 4.79 Å². The van der Waals surface area contributed by atoms with Crippen LogP contribution in [0.25, 0.3) is 16.7 Å². The number of hydrogen-bond donors (Lipinski definition) is 2. The predicted molar refractivity (Wildman–Crippen MR) is 127 cm³/mol. The lowest BCUT2D eigenvalue weighted by atomic mass is 10.1. The van der Waals surface area contributed by atoms with Gasteiger partial charge in [0.2, 0.25) is 5.91 Å². The van der Waals surface area contributed by atoms with E-state index in [1.165, 1.54) is 11.8 Å². The second-order valence-electron chi connectivity index (χ2n) is 7.09. The van der Waals surface area contributed by atoms with Crippen LogP contribution in [-0.2, 0) is 11.2 Å². The number of halogens is 1. The molecule has 1 unspecified atom stereocenters. The minimum atomic E-state index is -0.388. The Bertz CT molecular complexity index is 1210. The highest BCUT2D eigenvalue weighted by molar-refractivity contribution is 8.00. The predicted octanol–water partition coefficient (Wildman–Crippen LogP) is 5.33. The SMILES string of the molecule is CC(Sc1nc2ccccc2n1-c1ccc(CCO)cc1)C(=O)Nc1ccccc1Cl. The summed E-state index contributed by atoms with van der Waals surface area (Å²) in [5, 5.41) is 12.9. The van der Waals surface area contributed by atoms with Gasteiger partial charge in [0.15, 0.2) is 5.16 Å². The molecule has 0 bridgehead atoms. The maximum atomic E-state index is 12.8. The van der Waals surface area contributed by atoms with Gasteiger partial charge in [0.25, 0.3) is 0 Å². The number of aliphatic hydroxyl groups excluding tert-OH is 1. The van der Waals surface area contributed by atoms with Gasteiger partial charge in [-0.3, -0.25) is 9.36 Å². The van der Waals surface area contributed by atoms with Crippen molar-refractivity contribution < 1.29 is 9.90 Å². The zero-order chi connectivity index (χ0) is 21.8. The zero-order valence-corrected chi connectivity index (χ0v) is 18.5. The lowest BCUT2D eigenvalue weighted by Gasteiger charge is -2.14. The smallest absolute Gasteiger partial charge is 0.237 e. The van der Waals surface area contributed by atoms with Gasteiger partial charge in [-0.05, 0) is 55.3 Å². The van der Waals surface area contributed by atoms with Gasteiger partial charge in [-0.2, -0.15) is 0 Å². The quantitative estimate of drug-likeness (QED) is 0.372. The van der Waals surface area contributed by atoms with Crippen molar-refractivity contribution in [3.63, 3.8) is 0 Å². The number of thioether (sulfide) groups is 1. The van der Waals surface area contributed by atoms with Crippen molar-refractivity contribution in [1.82, 2.24) is 9.55 Å². The summed E-state index contributed by atoms with van der Waals surface area (Å²) in [5.74, 6) is -0.144. The summed E-state index contributed by atoms with van der Waals surface area (Å²) in [7, 11) is 0. The van der Waals surface area contributed by atoms with E-state index >= 15 is 0 Å². The Kier molecular flexibility index (Phi) is 6.61. The largest absolute Gasteiger partial charge is 0.396 e. The zero-order valence-electron chi connectivity index (χ0n) is 17.0. The number of nitrogens with one attached hydrogen (secondary N) is 1. The van der Waals surface area contributed by atoms with Gasteiger partial charge in [0, 0.05) is 12.3 Å². The van der Waals surface area contributed by atoms with Crippen LogP contribution in [0.4, 0.5) is 5.69 Å². The Morgan fingerprint density at radius 2 is 1.81 bits per heavy atom. The highest BCUT2D eigenvalue weighted by Gasteiger charge is 2.21. The maximum absolute atomic E-state index is 12.8. The second kappa shape index (κ2) is 9.56. The van der Waals surface area contributed by atoms with Crippen molar-refractivity contribution in [3.8, 4) is 5.69 Å². The molecule has 0 saturated carbocycles. The van der Waals surface area contributed by atoms with Crippen molar-refractivity contribution in [1.29, 1.82) is 0 Å². The van der Waals surface area contributed by atoms with Crippen molar-refractivity contribution in [2.24, 2.45) is 0 Å². The third-order valence-electron chi connectivity index (χ3n) is 4.91. The number of imidazole rings is 1. The number of nitrogens with zero attached hydrogens (tertiary/aromatic N) is 2. The summed E-state index contributed by atoms with van der Waals surface area (Å²) in [6, 6.07) is 23.1. The van der Waals surface area contributed by atoms with Gasteiger partial charge in [0.1, 0.15) is 0 Å². The number of amides is 1. The van der Waals surface area contributed by atoms with E-state index < -0.39 is 0 Å². The Morgan fingerprint density at radius 1 is 1.10 bits per heavy atom. The first-order valence-corrected chi connectivity index (χ1v) is 11.2. The first-order chi connectivity index (χ1) is 15.1. The fraction of sp³-hybridized carbons (Fsp3) is 0.167. The number of carbonyl (C=O) groups is 1. The fourth-order valence-electron chi connectivity index (χ4n) is 3.28. The average molecular weight is 452 g/mol. The molecule has 5 nitrogen and oxygen atoms in total. The molecule has 0 spiro atoms. The Labute approximate surface area is 190 Å². The van der Waals surface area contributed by atoms with Crippen LogP contribution in [0.15, 0.2) is 78.0 Å². The Morgan fingerprint density at radius 3 is 2.55 bits per heavy atom. The van der Waals surface area contributed by atoms with E-state index in [1.807, 2.05) is 67.6 Å². The number of benzene rings is 3. The second-order valence-corrected chi connectivity index (χ2v) is 8.80. The molecule has 0 radical (unpaired) electrons. The summed E-state index contributed by atoms with van der Waals surface area (Å²) >= 11 is 7.57. The molecule has 1 atom stereocenters. The summed E-state index contributed by atoms with van der Waals surface area (Å²) in [4.78, 5) is 17.6. The number of anilines is 1. The van der Waals surface area contributed by atoms with Crippen LogP contribution in [0.2, 0.25) is 5.02 Å². The van der Waals surface area contributed by atoms with Gasteiger partial charge in [-0.25, -0.2) is 4.98 Å². The van der Waals surface area contributed by atoms with Crippen LogP contribution in [0.5, 0.6) is 0 Å². The summed E-state index contributed by atoms with van der Waals surface area (Å²) in [5.41, 5.74) is 4.45. The minimum absolute atomic E-state index is 0.118. The maximum Gasteiger partial charge on any atom is 0.237 e. The average Bonchev–Trinajstić information content (AvgIpc) is 3.14. The highest BCUT2D eigenvalue weighted by Crippen LogP contribution is 2.31. The third-order valence-corrected chi connectivity index (χ3v) is 6.29. The molecule has 1 heterocycles. The summed E-state index contributed by atoms with van der Waals surface area (Å²) in [6.45, 7) is 1.97. The summed E-state index contributed by atoms with van der Waals surface area (Å²) in [6.07, 6.45) is 0.617. The number of fused-ring (bicyclic) bond motifs is 1. The third kappa shape index (κ3) is 4.77. The standard InChI is InChI=1S/C24H22ClN3O2S/c1-16(23(30)26-20-7-3-2-6-19(20)25)31-24-27-21-8-4-5-9-22(21)28(24)18-12-10-17(11-13-18)14-15-29/h2-13,16,29H,14-15H2,1H3,(H,26,30). The topological polar surface area (TPSA) is 67.1 Å². The van der Waals surface area contributed by atoms with Crippen LogP contribution < -0.4 is 5.32 Å². The Hall–Kier alpha value is -2.80. The number of aliphatic hydroxyl groups is 1. The van der Waals surface area contributed by atoms with Crippen LogP contribution in [0.3, 0.4) is 0 Å². The summed E-state index contributed by atoms with van der Waals surface area (Å²) < 4.78 is 2.06. The molecule has 4 rings (SSSR count). The number of para-hydroxylation sites is 3. The molecule has 3 aromatic carbocycles. The fourth-order valence-corrected chi connectivity index (χ4v) is 4.41. The first-order valence-electron chi connectivity index (χ1n) is 9.96. The van der Waals surface area contributed by atoms with E-state index in [0.29, 0.717) is 17.1 Å². The molecule has 0 fully saturated rings. The molecule has 0 aliphatic rings. The number of hydrogen-bond acceptors (Lipinski definition) is 4. The van der Waals surface area contributed by atoms with Gasteiger partial charge in [0.05, 0.1) is 27.0 Å². The van der Waals surface area contributed by atoms with Crippen LogP contribution >= 0.6 is 23.4 Å². The molecular weight excluding hydrogens is 430 g/mol. The van der Waals surface area contributed by atoms with Crippen molar-refractivity contribution in [2.75, 3.05) is 11.9 Å². The van der Waals surface area contributed by atoms with Crippen LogP contribution in [-0.4, -0.2) is 32.4 Å². The van der Waals surface area contributed by atoms with Crippen molar-refractivity contribution in [3.05, 3.63) is 83.4 Å². The van der Waals surface area contributed by atoms with E-state index in [0.717, 1.165) is 27.4 Å². The number of carbonyl (C=O) groups excluding carboxylic acids is 1. The number of rotatable bonds is 7. The lowest BCUT2D eigenvalue weighted by molar-refractivity contribution is -0.115. The van der Waals surface area contributed by atoms with Gasteiger partial charge >= 0.3 is 0 Å². The molecule has 0 saturated heterocycles. The van der Waals surface area contributed by atoms with E-state index in [4.69, 9.17) is 21.7 Å². The van der Waals surface area contributed by atoms with E-state index in [1.54, 1.807) is 12.1 Å². The molecule has 158 valence electrons. The molecule has 1 amide bonds. The van der Waals surface area contributed by atoms with Gasteiger partial charge < -0.3 is 10.4 Å². The van der Waals surface area contributed by atoms with E-state index in [-0.39, 0.29) is 17.8 Å². The first kappa shape index (κ1) is 21.4. The molecule has 2 N–H and O–H groups in total. The number of aromatic nitrogens is 2. The molecule has 0 aliphatic heterocycles. The molecule has 1 aromatic heterocycles. The highest BCUT2D eigenvalue weighted by atomic mass is 35.5. The molecular formula is C24H22ClN3O2S. The molecule has 31 heavy (non-hydrogen) atoms. The molecule has 7 heteroatoms. The van der Waals surface area contributed by atoms with Crippen LogP contribution in [0, 0.1) is 0 Å².